The molecule has 0 bridgehead atoms. The van der Waals surface area contributed by atoms with Crippen LogP contribution in [0.4, 0.5) is 5.69 Å². The fourth-order valence-corrected chi connectivity index (χ4v) is 4.35. The van der Waals surface area contributed by atoms with Crippen molar-refractivity contribution in [3.05, 3.63) is 40.3 Å². The van der Waals surface area contributed by atoms with Crippen LogP contribution in [0, 0.1) is 0 Å². The van der Waals surface area contributed by atoms with E-state index in [1.165, 1.54) is 11.1 Å². The van der Waals surface area contributed by atoms with Gasteiger partial charge in [0.2, 0.25) is 5.91 Å². The van der Waals surface area contributed by atoms with Gasteiger partial charge >= 0.3 is 0 Å². The van der Waals surface area contributed by atoms with Crippen molar-refractivity contribution in [1.82, 2.24) is 4.98 Å². The fourth-order valence-electron chi connectivity index (χ4n) is 2.05. The minimum absolute atomic E-state index is 0.0119. The molecule has 1 amide bonds. The lowest BCUT2D eigenvalue weighted by Crippen LogP contribution is -2.22. The summed E-state index contributed by atoms with van der Waals surface area (Å²) >= 11 is 3.34. The van der Waals surface area contributed by atoms with Gasteiger partial charge in [0.15, 0.2) is 5.75 Å². The van der Waals surface area contributed by atoms with Gasteiger partial charge in [0.25, 0.3) is 0 Å². The van der Waals surface area contributed by atoms with Crippen molar-refractivity contribution in [3.8, 4) is 5.75 Å². The monoisotopic (exact) mass is 292 g/mol. The van der Waals surface area contributed by atoms with Crippen LogP contribution in [0.1, 0.15) is 15.7 Å². The van der Waals surface area contributed by atoms with E-state index in [-0.39, 0.29) is 16.9 Å². The number of hydrogen-bond donors (Lipinski definition) is 2. The quantitative estimate of drug-likeness (QED) is 0.893. The number of nitrogens with zero attached hydrogens (tertiary/aromatic N) is 1. The Morgan fingerprint density at radius 1 is 1.47 bits per heavy atom. The first-order valence-corrected chi connectivity index (χ1v) is 7.80. The normalized spacial score (nSPS) is 17.8. The van der Waals surface area contributed by atoms with Crippen molar-refractivity contribution in [2.24, 2.45) is 0 Å². The van der Waals surface area contributed by atoms with Crippen LogP contribution in [-0.4, -0.2) is 21.8 Å². The highest BCUT2D eigenvalue weighted by molar-refractivity contribution is 8.00. The zero-order valence-electron chi connectivity index (χ0n) is 10.00. The Balaban J connectivity index is 1.81. The lowest BCUT2D eigenvalue weighted by atomic mass is 10.1. The van der Waals surface area contributed by atoms with Gasteiger partial charge in [-0.05, 0) is 35.2 Å². The molecule has 2 aromatic rings. The molecule has 1 aliphatic rings. The van der Waals surface area contributed by atoms with Crippen LogP contribution in [0.3, 0.4) is 0 Å². The highest BCUT2D eigenvalue weighted by atomic mass is 32.2. The maximum Gasteiger partial charge on any atom is 0.242 e. The zero-order chi connectivity index (χ0) is 13.2. The van der Waals surface area contributed by atoms with Gasteiger partial charge in [-0.3, -0.25) is 9.78 Å². The highest BCUT2D eigenvalue weighted by Gasteiger charge is 2.28. The van der Waals surface area contributed by atoms with E-state index in [2.05, 4.69) is 10.3 Å². The Hall–Kier alpha value is -1.53. The summed E-state index contributed by atoms with van der Waals surface area (Å²) in [6, 6.07) is 3.61. The molecule has 0 aromatic carbocycles. The lowest BCUT2D eigenvalue weighted by Gasteiger charge is -2.21. The van der Waals surface area contributed by atoms with E-state index in [0.717, 1.165) is 17.7 Å². The standard InChI is InChI=1S/C13H12N2O2S2/c16-10-7-14-4-1-9(10)15-13(17)12-8-2-5-18-11(8)3-6-19-12/h1-2,4-5,7,12,16H,3,6H2,(H,14,15,17)/t12-/m0/s1. The SMILES string of the molecule is O=C(Nc1ccncc1O)[C@H]1SCCc2sccc21. The average molecular weight is 292 g/mol. The second kappa shape index (κ2) is 5.22. The number of rotatable bonds is 2. The van der Waals surface area contributed by atoms with Gasteiger partial charge in [-0.2, -0.15) is 0 Å². The van der Waals surface area contributed by atoms with Gasteiger partial charge in [-0.15, -0.1) is 23.1 Å². The topological polar surface area (TPSA) is 62.2 Å². The van der Waals surface area contributed by atoms with Crippen molar-refractivity contribution < 1.29 is 9.90 Å². The van der Waals surface area contributed by atoms with Crippen molar-refractivity contribution in [2.75, 3.05) is 11.1 Å². The number of aryl methyl sites for hydroxylation is 1. The third-order valence-electron chi connectivity index (χ3n) is 2.97. The second-order valence-electron chi connectivity index (χ2n) is 4.18. The number of fused-ring (bicyclic) bond motifs is 1. The molecule has 2 N–H and O–H groups in total. The van der Waals surface area contributed by atoms with Crippen LogP contribution in [0.25, 0.3) is 0 Å². The van der Waals surface area contributed by atoms with E-state index in [9.17, 15) is 9.90 Å². The molecular formula is C13H12N2O2S2. The fraction of sp³-hybridized carbons (Fsp3) is 0.231. The van der Waals surface area contributed by atoms with E-state index >= 15 is 0 Å². The molecule has 1 aliphatic heterocycles. The molecule has 1 atom stereocenters. The first kappa shape index (κ1) is 12.5. The lowest BCUT2D eigenvalue weighted by molar-refractivity contribution is -0.115. The van der Waals surface area contributed by atoms with Crippen LogP contribution in [0.15, 0.2) is 29.9 Å². The van der Waals surface area contributed by atoms with E-state index in [1.54, 1.807) is 35.4 Å². The Morgan fingerprint density at radius 2 is 2.37 bits per heavy atom. The predicted molar refractivity (Wildman–Crippen MR) is 77.8 cm³/mol. The molecule has 6 heteroatoms. The van der Waals surface area contributed by atoms with Gasteiger partial charge in [0, 0.05) is 11.1 Å². The van der Waals surface area contributed by atoms with Gasteiger partial charge in [-0.25, -0.2) is 0 Å². The van der Waals surface area contributed by atoms with E-state index in [4.69, 9.17) is 0 Å². The van der Waals surface area contributed by atoms with Gasteiger partial charge in [-0.1, -0.05) is 0 Å². The summed E-state index contributed by atoms with van der Waals surface area (Å²) in [5.41, 5.74) is 1.51. The molecule has 0 aliphatic carbocycles. The van der Waals surface area contributed by atoms with E-state index in [1.807, 2.05) is 11.4 Å². The molecule has 98 valence electrons. The Morgan fingerprint density at radius 3 is 3.21 bits per heavy atom. The number of thiophene rings is 1. The molecule has 0 fully saturated rings. The molecule has 0 spiro atoms. The number of aromatic nitrogens is 1. The summed E-state index contributed by atoms with van der Waals surface area (Å²) in [7, 11) is 0. The van der Waals surface area contributed by atoms with Crippen LogP contribution >= 0.6 is 23.1 Å². The first-order chi connectivity index (χ1) is 9.25. The number of pyridine rings is 1. The summed E-state index contributed by atoms with van der Waals surface area (Å²) in [4.78, 5) is 17.4. The minimum atomic E-state index is -0.192. The number of nitrogens with one attached hydrogen (secondary N) is 1. The molecule has 0 saturated carbocycles. The maximum atomic E-state index is 12.3. The van der Waals surface area contributed by atoms with Crippen LogP contribution in [-0.2, 0) is 11.2 Å². The van der Waals surface area contributed by atoms with Gasteiger partial charge in [0.05, 0.1) is 11.9 Å². The summed E-state index contributed by atoms with van der Waals surface area (Å²) in [5.74, 6) is 0.849. The van der Waals surface area contributed by atoms with Crippen molar-refractivity contribution in [2.45, 2.75) is 11.7 Å². The number of carbonyl (C=O) groups is 1. The van der Waals surface area contributed by atoms with Crippen LogP contribution in [0.2, 0.25) is 0 Å². The second-order valence-corrected chi connectivity index (χ2v) is 6.40. The van der Waals surface area contributed by atoms with Crippen molar-refractivity contribution >= 4 is 34.7 Å². The number of anilines is 1. The average Bonchev–Trinajstić information content (AvgIpc) is 2.89. The van der Waals surface area contributed by atoms with Crippen LogP contribution < -0.4 is 5.32 Å². The molecule has 0 unspecified atom stereocenters. The number of amides is 1. The number of thioether (sulfide) groups is 1. The molecule has 0 radical (unpaired) electrons. The van der Waals surface area contributed by atoms with Gasteiger partial charge in [0.1, 0.15) is 5.25 Å². The van der Waals surface area contributed by atoms with Crippen LogP contribution in [0.5, 0.6) is 5.75 Å². The third kappa shape index (κ3) is 2.46. The number of hydrogen-bond acceptors (Lipinski definition) is 5. The molecule has 4 nitrogen and oxygen atoms in total. The zero-order valence-corrected chi connectivity index (χ0v) is 11.6. The minimum Gasteiger partial charge on any atom is -0.504 e. The molecule has 3 rings (SSSR count). The first-order valence-electron chi connectivity index (χ1n) is 5.87. The molecular weight excluding hydrogens is 280 g/mol. The largest absolute Gasteiger partial charge is 0.504 e. The highest BCUT2D eigenvalue weighted by Crippen LogP contribution is 2.40. The van der Waals surface area contributed by atoms with E-state index < -0.39 is 0 Å². The Bertz CT molecular complexity index is 612. The van der Waals surface area contributed by atoms with Gasteiger partial charge < -0.3 is 10.4 Å². The summed E-state index contributed by atoms with van der Waals surface area (Å²) < 4.78 is 0. The Labute approximate surface area is 118 Å². The molecule has 19 heavy (non-hydrogen) atoms. The van der Waals surface area contributed by atoms with Crippen molar-refractivity contribution in [1.29, 1.82) is 0 Å². The number of aromatic hydroxyl groups is 1. The van der Waals surface area contributed by atoms with Crippen molar-refractivity contribution in [3.63, 3.8) is 0 Å². The summed E-state index contributed by atoms with van der Waals surface area (Å²) in [6.07, 6.45) is 3.89. The molecule has 3 heterocycles. The Kier molecular flexibility index (Phi) is 3.44. The molecule has 0 saturated heterocycles. The predicted octanol–water partition coefficient (Wildman–Crippen LogP) is 2.82. The third-order valence-corrected chi connectivity index (χ3v) is 5.21. The maximum absolute atomic E-state index is 12.3. The molecule has 2 aromatic heterocycles. The smallest absolute Gasteiger partial charge is 0.242 e. The number of carbonyl (C=O) groups excluding carboxylic acids is 1. The summed E-state index contributed by atoms with van der Waals surface area (Å²) in [6.45, 7) is 0. The summed E-state index contributed by atoms with van der Waals surface area (Å²) in [5, 5.41) is 14.2. The van der Waals surface area contributed by atoms with E-state index in [0.29, 0.717) is 5.69 Å².